The van der Waals surface area contributed by atoms with E-state index in [1.807, 2.05) is 35.2 Å². The van der Waals surface area contributed by atoms with Gasteiger partial charge in [0.25, 0.3) is 0 Å². The number of carboxylic acids is 1. The fraction of sp³-hybridized carbons (Fsp3) is 0.389. The second-order valence-corrected chi connectivity index (χ2v) is 5.53. The Morgan fingerprint density at radius 3 is 2.46 bits per heavy atom. The Balaban J connectivity index is 2.43. The molecule has 1 aliphatic rings. The Kier molecular flexibility index (Phi) is 6.08. The van der Waals surface area contributed by atoms with Crippen LogP contribution in [0.4, 0.5) is 0 Å². The molecule has 1 fully saturated rings. The van der Waals surface area contributed by atoms with Crippen LogP contribution in [0.5, 0.6) is 0 Å². The van der Waals surface area contributed by atoms with Gasteiger partial charge >= 0.3 is 5.97 Å². The Hall–Kier alpha value is -2.67. The minimum absolute atomic E-state index is 0.286. The second kappa shape index (κ2) is 8.26. The Bertz CT molecular complexity index is 653. The summed E-state index contributed by atoms with van der Waals surface area (Å²) in [6.45, 7) is 1.93. The summed E-state index contributed by atoms with van der Waals surface area (Å²) in [4.78, 5) is 12.6. The summed E-state index contributed by atoms with van der Waals surface area (Å²) in [6.07, 6.45) is 2.84. The normalized spacial score (nSPS) is 17.1. The monoisotopic (exact) mass is 325 g/mol. The molecule has 1 aromatic carbocycles. The molecule has 2 rings (SSSR count). The molecule has 1 atom stereocenters. The molecule has 0 bridgehead atoms. The average Bonchev–Trinajstić information content (AvgIpc) is 2.63. The van der Waals surface area contributed by atoms with Crippen LogP contribution >= 0.6 is 0 Å². The lowest BCUT2D eigenvalue weighted by molar-refractivity contribution is -0.131. The van der Waals surface area contributed by atoms with Crippen LogP contribution in [0.3, 0.4) is 0 Å². The van der Waals surface area contributed by atoms with E-state index >= 15 is 0 Å². The maximum absolute atomic E-state index is 10.8. The van der Waals surface area contributed by atoms with Gasteiger partial charge in [0.1, 0.15) is 12.1 Å². The van der Waals surface area contributed by atoms with Gasteiger partial charge in [0, 0.05) is 25.1 Å². The smallest absolute Gasteiger partial charge is 0.327 e. The van der Waals surface area contributed by atoms with Gasteiger partial charge < -0.3 is 9.84 Å². The lowest BCUT2D eigenvalue weighted by Crippen LogP contribution is -2.55. The van der Waals surface area contributed by atoms with Gasteiger partial charge in [-0.25, -0.2) is 4.79 Å². The molecule has 1 unspecified atom stereocenters. The first-order valence-electron chi connectivity index (χ1n) is 7.73. The van der Waals surface area contributed by atoms with Crippen LogP contribution in [0.15, 0.2) is 42.5 Å². The van der Waals surface area contributed by atoms with Crippen LogP contribution in [0.2, 0.25) is 0 Å². The molecule has 6 nitrogen and oxygen atoms in total. The average molecular weight is 325 g/mol. The molecule has 0 aliphatic carbocycles. The van der Waals surface area contributed by atoms with Gasteiger partial charge in [0.2, 0.25) is 5.54 Å². The number of rotatable bonds is 6. The lowest BCUT2D eigenvalue weighted by Gasteiger charge is -2.40. The molecule has 1 N–H and O–H groups in total. The summed E-state index contributed by atoms with van der Waals surface area (Å²) in [5, 5.41) is 28.6. The number of benzene rings is 1. The fourth-order valence-corrected chi connectivity index (χ4v) is 3.00. The minimum atomic E-state index is -1.37. The van der Waals surface area contributed by atoms with Crippen molar-refractivity contribution in [2.24, 2.45) is 0 Å². The third kappa shape index (κ3) is 3.80. The molecular weight excluding hydrogens is 306 g/mol. The van der Waals surface area contributed by atoms with Gasteiger partial charge in [0.05, 0.1) is 13.2 Å². The van der Waals surface area contributed by atoms with Crippen molar-refractivity contribution < 1.29 is 14.6 Å². The van der Waals surface area contributed by atoms with E-state index in [-0.39, 0.29) is 6.42 Å². The van der Waals surface area contributed by atoms with Crippen LogP contribution in [-0.2, 0) is 9.53 Å². The van der Waals surface area contributed by atoms with E-state index in [1.54, 1.807) is 0 Å². The van der Waals surface area contributed by atoms with E-state index < -0.39 is 17.4 Å². The summed E-state index contributed by atoms with van der Waals surface area (Å²) in [5.41, 5.74) is -0.532. The van der Waals surface area contributed by atoms with E-state index in [1.165, 1.54) is 6.08 Å². The number of nitriles is 2. The lowest BCUT2D eigenvalue weighted by atomic mass is 9.77. The third-order valence-electron chi connectivity index (χ3n) is 4.19. The number of carboxylic acid groups (broad SMARTS) is 1. The highest BCUT2D eigenvalue weighted by Gasteiger charge is 2.45. The minimum Gasteiger partial charge on any atom is -0.478 e. The number of allylic oxidation sites excluding steroid dienone is 1. The van der Waals surface area contributed by atoms with E-state index in [0.29, 0.717) is 26.3 Å². The Morgan fingerprint density at radius 1 is 1.29 bits per heavy atom. The summed E-state index contributed by atoms with van der Waals surface area (Å²) < 4.78 is 5.33. The predicted octanol–water partition coefficient (Wildman–Crippen LogP) is 1.92. The van der Waals surface area contributed by atoms with Crippen LogP contribution in [0.25, 0.3) is 0 Å². The maximum atomic E-state index is 10.8. The fourth-order valence-electron chi connectivity index (χ4n) is 3.00. The van der Waals surface area contributed by atoms with Gasteiger partial charge in [-0.05, 0) is 12.0 Å². The first kappa shape index (κ1) is 17.7. The van der Waals surface area contributed by atoms with Crippen molar-refractivity contribution in [2.45, 2.75) is 17.9 Å². The van der Waals surface area contributed by atoms with Gasteiger partial charge in [0.15, 0.2) is 0 Å². The van der Waals surface area contributed by atoms with Gasteiger partial charge in [-0.15, -0.1) is 0 Å². The van der Waals surface area contributed by atoms with E-state index in [2.05, 4.69) is 12.1 Å². The van der Waals surface area contributed by atoms with Crippen molar-refractivity contribution >= 4 is 5.97 Å². The number of hydrogen-bond donors (Lipinski definition) is 1. The Morgan fingerprint density at radius 2 is 1.92 bits per heavy atom. The van der Waals surface area contributed by atoms with E-state index in [9.17, 15) is 15.3 Å². The van der Waals surface area contributed by atoms with E-state index in [4.69, 9.17) is 9.84 Å². The SMILES string of the molecule is N#CC(C#N)(C(C/C=C/C(=O)O)c1ccccc1)N1CCOCC1. The first-order chi connectivity index (χ1) is 11.6. The Labute approximate surface area is 141 Å². The highest BCUT2D eigenvalue weighted by atomic mass is 16.5. The maximum Gasteiger partial charge on any atom is 0.327 e. The van der Waals surface area contributed by atoms with Crippen molar-refractivity contribution in [3.63, 3.8) is 0 Å². The molecule has 24 heavy (non-hydrogen) atoms. The van der Waals surface area contributed by atoms with Crippen LogP contribution in [0, 0.1) is 22.7 Å². The number of morpholine rings is 1. The predicted molar refractivity (Wildman–Crippen MR) is 86.9 cm³/mol. The highest BCUT2D eigenvalue weighted by molar-refractivity contribution is 5.79. The molecule has 1 heterocycles. The van der Waals surface area contributed by atoms with E-state index in [0.717, 1.165) is 11.6 Å². The third-order valence-corrected chi connectivity index (χ3v) is 4.19. The van der Waals surface area contributed by atoms with Gasteiger partial charge in [-0.1, -0.05) is 36.4 Å². The standard InChI is InChI=1S/C18H19N3O3/c19-13-18(14-20,21-9-11-24-12-10-21)16(7-4-8-17(22)23)15-5-2-1-3-6-15/h1-6,8,16H,7,9-12H2,(H,22,23)/b8-4+. The summed E-state index contributed by atoms with van der Waals surface area (Å²) in [5.74, 6) is -1.50. The molecule has 6 heteroatoms. The number of carbonyl (C=O) groups is 1. The number of ether oxygens (including phenoxy) is 1. The number of hydrogen-bond acceptors (Lipinski definition) is 5. The molecule has 124 valence electrons. The largest absolute Gasteiger partial charge is 0.478 e. The van der Waals surface area contributed by atoms with Crippen LogP contribution in [-0.4, -0.2) is 47.8 Å². The van der Waals surface area contributed by atoms with Crippen LogP contribution in [0.1, 0.15) is 17.9 Å². The topological polar surface area (TPSA) is 97.4 Å². The molecule has 0 saturated carbocycles. The summed E-state index contributed by atoms with van der Waals surface area (Å²) in [7, 11) is 0. The quantitative estimate of drug-likeness (QED) is 0.803. The second-order valence-electron chi connectivity index (χ2n) is 5.53. The van der Waals surface area contributed by atoms with Crippen molar-refractivity contribution in [2.75, 3.05) is 26.3 Å². The number of aliphatic carboxylic acids is 1. The molecule has 0 spiro atoms. The molecule has 1 aliphatic heterocycles. The first-order valence-corrected chi connectivity index (χ1v) is 7.73. The molecule has 0 radical (unpaired) electrons. The molecule has 1 saturated heterocycles. The molecular formula is C18H19N3O3. The molecule has 1 aromatic rings. The molecule has 0 aromatic heterocycles. The molecule has 0 amide bonds. The van der Waals surface area contributed by atoms with Gasteiger partial charge in [-0.3, -0.25) is 4.90 Å². The zero-order valence-corrected chi connectivity index (χ0v) is 13.3. The highest BCUT2D eigenvalue weighted by Crippen LogP contribution is 2.36. The van der Waals surface area contributed by atoms with Gasteiger partial charge in [-0.2, -0.15) is 10.5 Å². The summed E-state index contributed by atoms with van der Waals surface area (Å²) >= 11 is 0. The zero-order valence-electron chi connectivity index (χ0n) is 13.3. The van der Waals surface area contributed by atoms with Crippen molar-refractivity contribution in [1.29, 1.82) is 10.5 Å². The van der Waals surface area contributed by atoms with Crippen LogP contribution < -0.4 is 0 Å². The van der Waals surface area contributed by atoms with Crippen molar-refractivity contribution in [3.8, 4) is 12.1 Å². The van der Waals surface area contributed by atoms with Crippen molar-refractivity contribution in [1.82, 2.24) is 4.90 Å². The number of nitrogens with zero attached hydrogens (tertiary/aromatic N) is 3. The zero-order chi connectivity index (χ0) is 17.4. The van der Waals surface area contributed by atoms with Crippen molar-refractivity contribution in [3.05, 3.63) is 48.0 Å². The summed E-state index contributed by atoms with van der Waals surface area (Å²) in [6, 6.07) is 13.7.